The van der Waals surface area contributed by atoms with Gasteiger partial charge in [0.2, 0.25) is 0 Å². The van der Waals surface area contributed by atoms with Gasteiger partial charge in [-0.1, -0.05) is 138 Å². The number of hydrogen-bond donors (Lipinski definition) is 8. The van der Waals surface area contributed by atoms with Crippen LogP contribution in [0.1, 0.15) is 155 Å². The average Bonchev–Trinajstić information content (AvgIpc) is 3.37. The number of nitrogen functional groups attached to an aromatic ring is 1. The molecule has 77 heavy (non-hydrogen) atoms. The number of carbonyl (C=O) groups excluding carboxylic acids is 2. The van der Waals surface area contributed by atoms with E-state index in [0.29, 0.717) is 44.9 Å². The Kier molecular flexibility index (Phi) is 33.1. The second kappa shape index (κ2) is 37.9. The summed E-state index contributed by atoms with van der Waals surface area (Å²) in [5, 5.41) is 57.6. The number of nitrogens with two attached hydrogens (primary N) is 1. The molecular weight excluding hydrogens is 1040 g/mol. The molecule has 0 radical (unpaired) electrons. The molecule has 436 valence electrons. The molecule has 2 unspecified atom stereocenters. The van der Waals surface area contributed by atoms with Gasteiger partial charge in [-0.2, -0.15) is 9.29 Å². The van der Waals surface area contributed by atoms with E-state index in [1.165, 1.54) is 43.7 Å². The topological polar surface area (TPSA) is 326 Å². The first kappa shape index (κ1) is 67.4. The molecule has 1 aromatic heterocycles. The van der Waals surface area contributed by atoms with E-state index in [-0.39, 0.29) is 31.5 Å². The van der Waals surface area contributed by atoms with E-state index in [1.807, 2.05) is 25.2 Å². The van der Waals surface area contributed by atoms with Crippen LogP contribution < -0.4 is 11.4 Å². The van der Waals surface area contributed by atoms with Gasteiger partial charge in [-0.05, 0) is 70.3 Å². The highest BCUT2D eigenvalue weighted by Gasteiger charge is 2.45. The summed E-state index contributed by atoms with van der Waals surface area (Å²) >= 11 is 0. The highest BCUT2D eigenvalue weighted by Crippen LogP contribution is 2.60. The summed E-state index contributed by atoms with van der Waals surface area (Å²) in [5.41, 5.74) is 4.81. The summed E-state index contributed by atoms with van der Waals surface area (Å²) in [6.45, 7) is 1.43. The molecule has 0 amide bonds. The zero-order valence-corrected chi connectivity index (χ0v) is 46.6. The minimum absolute atomic E-state index is 0.0843. The third-order valence-corrected chi connectivity index (χ3v) is 15.5. The van der Waals surface area contributed by atoms with Crippen molar-refractivity contribution in [2.24, 2.45) is 11.8 Å². The fourth-order valence-corrected chi connectivity index (χ4v) is 10.7. The molecule has 0 saturated carbocycles. The fourth-order valence-electron chi connectivity index (χ4n) is 8.55. The van der Waals surface area contributed by atoms with Crippen LogP contribution in [0.25, 0.3) is 0 Å². The summed E-state index contributed by atoms with van der Waals surface area (Å²) in [6.07, 6.45) is 23.4. The van der Waals surface area contributed by atoms with E-state index in [2.05, 4.69) is 52.7 Å². The molecule has 3 heterocycles. The number of aliphatic hydroxyl groups excluding tert-OH is 5. The summed E-state index contributed by atoms with van der Waals surface area (Å²) in [4.78, 5) is 64.4. The van der Waals surface area contributed by atoms with Crippen LogP contribution in [0.15, 0.2) is 90.0 Å². The quantitative estimate of drug-likeness (QED) is 0.0222. The monoisotopic (exact) mass is 1130 g/mol. The third kappa shape index (κ3) is 28.2. The molecule has 0 aliphatic carbocycles. The predicted molar refractivity (Wildman–Crippen MR) is 290 cm³/mol. The highest BCUT2D eigenvalue weighted by molar-refractivity contribution is 7.61. The van der Waals surface area contributed by atoms with Gasteiger partial charge < -0.3 is 55.3 Å². The maximum Gasteiger partial charge on any atom is 0.481 e. The van der Waals surface area contributed by atoms with Gasteiger partial charge in [0.1, 0.15) is 30.9 Å². The summed E-state index contributed by atoms with van der Waals surface area (Å²) in [6, 6.07) is 1.26. The van der Waals surface area contributed by atoms with Crippen LogP contribution in [0.2, 0.25) is 0 Å². The van der Waals surface area contributed by atoms with Crippen molar-refractivity contribution in [2.75, 3.05) is 25.6 Å². The fraction of sp³-hybridized carbons (Fsp3) is 0.667. The van der Waals surface area contributed by atoms with E-state index in [4.69, 9.17) is 29.0 Å². The Hall–Kier alpha value is -3.92. The molecule has 2 saturated heterocycles. The third-order valence-electron chi connectivity index (χ3n) is 12.9. The molecule has 2 fully saturated rings. The number of anilines is 1. The molecule has 0 aromatic carbocycles. The second-order valence-corrected chi connectivity index (χ2v) is 22.4. The number of fused-ring (bicyclic) bond motifs is 3. The largest absolute Gasteiger partial charge is 0.481 e. The van der Waals surface area contributed by atoms with Gasteiger partial charge in [0.05, 0.1) is 37.6 Å². The van der Waals surface area contributed by atoms with Gasteiger partial charge in [-0.3, -0.25) is 23.2 Å². The van der Waals surface area contributed by atoms with Crippen LogP contribution in [0.5, 0.6) is 0 Å². The number of aliphatic hydroxyl groups is 5. The van der Waals surface area contributed by atoms with Crippen LogP contribution in [0.4, 0.5) is 5.82 Å². The van der Waals surface area contributed by atoms with Crippen molar-refractivity contribution in [3.63, 3.8) is 0 Å². The minimum atomic E-state index is -5.72. The van der Waals surface area contributed by atoms with E-state index >= 15 is 0 Å². The Labute approximate surface area is 453 Å². The van der Waals surface area contributed by atoms with Crippen molar-refractivity contribution in [1.29, 1.82) is 0 Å². The number of phosphoric ester groups is 2. The number of ether oxygens (including phenoxy) is 3. The number of unbranched alkanes of at least 4 members (excludes halogenated alkanes) is 5. The first-order chi connectivity index (χ1) is 36.9. The molecule has 0 spiro atoms. The first-order valence-corrected chi connectivity index (χ1v) is 30.2. The van der Waals surface area contributed by atoms with Crippen molar-refractivity contribution in [2.45, 2.75) is 198 Å². The van der Waals surface area contributed by atoms with Crippen LogP contribution in [0, 0.1) is 11.8 Å². The summed E-state index contributed by atoms with van der Waals surface area (Å²) in [5.74, 6) is -4.12. The van der Waals surface area contributed by atoms with E-state index in [0.717, 1.165) is 43.1 Å². The lowest BCUT2D eigenvalue weighted by Gasteiger charge is -2.41. The molecule has 12 atom stereocenters. The molecule has 3 rings (SSSR count). The molecule has 21 nitrogen and oxygen atoms in total. The Bertz CT molecular complexity index is 2200. The lowest BCUT2D eigenvalue weighted by Crippen LogP contribution is -2.52. The van der Waals surface area contributed by atoms with Gasteiger partial charge in [-0.15, -0.1) is 0 Å². The van der Waals surface area contributed by atoms with Crippen molar-refractivity contribution in [3.05, 3.63) is 95.7 Å². The van der Waals surface area contributed by atoms with Crippen LogP contribution in [0.3, 0.4) is 0 Å². The molecule has 23 heteroatoms. The minimum Gasteiger partial charge on any atom is -0.462 e. The number of carbonyl (C=O) groups is 2. The molecule has 2 aliphatic heterocycles. The zero-order chi connectivity index (χ0) is 56.5. The number of hydrogen-bond acceptors (Lipinski definition) is 18. The first-order valence-electron chi connectivity index (χ1n) is 27.2. The standard InChI is InChI=1S/C54H87N3O18P2/c1-3-5-7-8-9-10-11-12-13-14-15-16-17-18-19-20-21-22-28-32-50(62)73-42-38-70-49(61)31-27-24-23-26-30-44-46(60)37-45(59)43(34-33-41(58)29-25-6-4-2)51(63)52(64)47(40-72-77(68,69)75-76(66,67)71-39-42)74-53(44)57-36-35-48(55)56-54(57)65/h9-10,12-13,15-16,18-19,21-22,33-36,41-47,51-53,58-60,63-64H,3-8,11,14,17,20,23-32,37-40H2,1-2H3,(H,66,67)(H,68,69)(H2,55,56,65)/b10-9-,13-12-,16-15-,19-18-,22-21-,34-33+/t41-,42+,43-,44-,45+,46-,47+,51-,52+,53+/m0/s1. The number of aromatic nitrogens is 2. The Balaban J connectivity index is 1.76. The number of phosphoric acid groups is 2. The molecular formula is C54H87N3O18P2. The van der Waals surface area contributed by atoms with Gasteiger partial charge in [-0.25, -0.2) is 13.9 Å². The average molecular weight is 1130 g/mol. The maximum absolute atomic E-state index is 13.4. The van der Waals surface area contributed by atoms with E-state index < -0.39 is 120 Å². The maximum atomic E-state index is 13.4. The lowest BCUT2D eigenvalue weighted by atomic mass is 9.82. The Morgan fingerprint density at radius 1 is 0.792 bits per heavy atom. The van der Waals surface area contributed by atoms with Crippen molar-refractivity contribution < 1.29 is 81.6 Å². The van der Waals surface area contributed by atoms with Gasteiger partial charge in [0.25, 0.3) is 0 Å². The molecule has 1 aromatic rings. The van der Waals surface area contributed by atoms with Crippen molar-refractivity contribution >= 4 is 33.4 Å². The highest BCUT2D eigenvalue weighted by atomic mass is 31.3. The Morgan fingerprint density at radius 3 is 2.03 bits per heavy atom. The van der Waals surface area contributed by atoms with Crippen LogP contribution in [-0.4, -0.2) is 119 Å². The Morgan fingerprint density at radius 2 is 1.39 bits per heavy atom. The van der Waals surface area contributed by atoms with Crippen LogP contribution in [-0.2, 0) is 46.3 Å². The van der Waals surface area contributed by atoms with Crippen molar-refractivity contribution in [3.8, 4) is 0 Å². The smallest absolute Gasteiger partial charge is 0.462 e. The number of rotatable bonds is 23. The SMILES string of the molecule is CCCCC/C=C\C/C=C\C/C=C\C/C=C\C/C=C\CCC(=O)O[C@@H]1COC(=O)CCCCCC[C@@H]2[C@H](n3ccc(N)nc3=O)O[C@H](COP(=O)(O)OP(=O)(O)OC1)[C@@H](O)[C@@H](O)[C@@H](/C=C/[C@@H](O)CCCCC)[C@H](O)C[C@@H]2O. The van der Waals surface area contributed by atoms with E-state index in [9.17, 15) is 58.8 Å². The van der Waals surface area contributed by atoms with Gasteiger partial charge >= 0.3 is 33.3 Å². The normalized spacial score (nSPS) is 29.9. The number of nitrogens with zero attached hydrogens (tertiary/aromatic N) is 2. The molecule has 9 N–H and O–H groups in total. The molecule has 2 bridgehead atoms. The summed E-state index contributed by atoms with van der Waals surface area (Å²) < 4.78 is 59.2. The number of esters is 2. The van der Waals surface area contributed by atoms with Gasteiger partial charge in [0.15, 0.2) is 6.10 Å². The van der Waals surface area contributed by atoms with Gasteiger partial charge in [0, 0.05) is 37.3 Å². The van der Waals surface area contributed by atoms with Crippen molar-refractivity contribution in [1.82, 2.24) is 9.55 Å². The lowest BCUT2D eigenvalue weighted by molar-refractivity contribution is -0.195. The zero-order valence-electron chi connectivity index (χ0n) is 44.8. The predicted octanol–water partition coefficient (Wildman–Crippen LogP) is 8.05. The summed E-state index contributed by atoms with van der Waals surface area (Å²) in [7, 11) is -11.3. The van der Waals surface area contributed by atoms with E-state index in [1.54, 1.807) is 6.08 Å². The second-order valence-electron chi connectivity index (χ2n) is 19.3. The van der Waals surface area contributed by atoms with Crippen LogP contribution >= 0.6 is 15.6 Å². The number of allylic oxidation sites excluding steroid dienone is 10. The molecule has 2 aliphatic rings. The number of cyclic esters (lactones) is 1.